The Hall–Kier alpha value is -2.30. The standard InChI is InChI=1S/C13H9F2N3/c14-11(15)8-3-5-9(6-4-8)12-17-10-2-1-7-16-13(10)18-12/h1-7,11H,(H,16,17,18). The van der Waals surface area contributed by atoms with E-state index in [9.17, 15) is 8.78 Å². The molecule has 3 nitrogen and oxygen atoms in total. The van der Waals surface area contributed by atoms with Crippen LogP contribution >= 0.6 is 0 Å². The second-order valence-electron chi connectivity index (χ2n) is 3.88. The number of fused-ring (bicyclic) bond motifs is 1. The van der Waals surface area contributed by atoms with Crippen molar-refractivity contribution in [3.63, 3.8) is 0 Å². The fraction of sp³-hybridized carbons (Fsp3) is 0.0769. The Morgan fingerprint density at radius 2 is 1.83 bits per heavy atom. The van der Waals surface area contributed by atoms with Crippen molar-refractivity contribution in [2.24, 2.45) is 0 Å². The van der Waals surface area contributed by atoms with Gasteiger partial charge in [0.05, 0.1) is 5.52 Å². The molecule has 0 aliphatic heterocycles. The van der Waals surface area contributed by atoms with Crippen LogP contribution in [0.1, 0.15) is 12.0 Å². The maximum Gasteiger partial charge on any atom is 0.263 e. The number of pyridine rings is 1. The molecular formula is C13H9F2N3. The Morgan fingerprint density at radius 1 is 1.06 bits per heavy atom. The van der Waals surface area contributed by atoms with Gasteiger partial charge in [-0.15, -0.1) is 0 Å². The molecule has 18 heavy (non-hydrogen) atoms. The maximum absolute atomic E-state index is 12.4. The molecule has 0 aliphatic rings. The van der Waals surface area contributed by atoms with Gasteiger partial charge in [0.2, 0.25) is 0 Å². The minimum atomic E-state index is -2.45. The summed E-state index contributed by atoms with van der Waals surface area (Å²) in [7, 11) is 0. The van der Waals surface area contributed by atoms with Gasteiger partial charge >= 0.3 is 0 Å². The summed E-state index contributed by atoms with van der Waals surface area (Å²) in [4.78, 5) is 11.5. The quantitative estimate of drug-likeness (QED) is 0.750. The first kappa shape index (κ1) is 10.8. The van der Waals surface area contributed by atoms with Crippen molar-refractivity contribution in [2.75, 3.05) is 0 Å². The molecule has 0 amide bonds. The van der Waals surface area contributed by atoms with Gasteiger partial charge in [0.15, 0.2) is 5.65 Å². The molecule has 3 rings (SSSR count). The Morgan fingerprint density at radius 3 is 2.50 bits per heavy atom. The van der Waals surface area contributed by atoms with E-state index < -0.39 is 6.43 Å². The highest BCUT2D eigenvalue weighted by Gasteiger charge is 2.09. The summed E-state index contributed by atoms with van der Waals surface area (Å²) >= 11 is 0. The second kappa shape index (κ2) is 4.18. The zero-order valence-corrected chi connectivity index (χ0v) is 9.27. The maximum atomic E-state index is 12.4. The SMILES string of the molecule is FC(F)c1ccc(-c2nc3ncccc3[nH]2)cc1. The Balaban J connectivity index is 2.03. The van der Waals surface area contributed by atoms with E-state index in [4.69, 9.17) is 0 Å². The van der Waals surface area contributed by atoms with Crippen LogP contribution in [0.5, 0.6) is 0 Å². The third-order valence-electron chi connectivity index (χ3n) is 2.69. The van der Waals surface area contributed by atoms with Crippen molar-refractivity contribution < 1.29 is 8.78 Å². The molecular weight excluding hydrogens is 236 g/mol. The predicted octanol–water partition coefficient (Wildman–Crippen LogP) is 3.56. The molecule has 0 radical (unpaired) electrons. The van der Waals surface area contributed by atoms with Crippen molar-refractivity contribution in [1.29, 1.82) is 0 Å². The van der Waals surface area contributed by atoms with Crippen LogP contribution in [0.3, 0.4) is 0 Å². The highest BCUT2D eigenvalue weighted by molar-refractivity contribution is 5.75. The molecule has 0 atom stereocenters. The molecule has 3 aromatic rings. The van der Waals surface area contributed by atoms with Gasteiger partial charge in [-0.25, -0.2) is 18.7 Å². The highest BCUT2D eigenvalue weighted by atomic mass is 19.3. The van der Waals surface area contributed by atoms with Crippen LogP contribution in [0.25, 0.3) is 22.6 Å². The lowest BCUT2D eigenvalue weighted by atomic mass is 10.1. The van der Waals surface area contributed by atoms with Crippen molar-refractivity contribution in [3.8, 4) is 11.4 Å². The van der Waals surface area contributed by atoms with E-state index in [0.717, 1.165) is 11.1 Å². The number of benzene rings is 1. The average molecular weight is 245 g/mol. The van der Waals surface area contributed by atoms with Gasteiger partial charge < -0.3 is 4.98 Å². The number of halogens is 2. The van der Waals surface area contributed by atoms with E-state index >= 15 is 0 Å². The van der Waals surface area contributed by atoms with E-state index in [1.165, 1.54) is 12.1 Å². The molecule has 5 heteroatoms. The second-order valence-corrected chi connectivity index (χ2v) is 3.88. The monoisotopic (exact) mass is 245 g/mol. The summed E-state index contributed by atoms with van der Waals surface area (Å²) in [6, 6.07) is 9.73. The number of rotatable bonds is 2. The summed E-state index contributed by atoms with van der Waals surface area (Å²) < 4.78 is 24.9. The number of nitrogens with zero attached hydrogens (tertiary/aromatic N) is 2. The normalized spacial score (nSPS) is 11.3. The fourth-order valence-corrected chi connectivity index (χ4v) is 1.77. The van der Waals surface area contributed by atoms with E-state index in [1.54, 1.807) is 18.3 Å². The highest BCUT2D eigenvalue weighted by Crippen LogP contribution is 2.23. The van der Waals surface area contributed by atoms with Gasteiger partial charge in [0.25, 0.3) is 6.43 Å². The van der Waals surface area contributed by atoms with Crippen LogP contribution in [0.15, 0.2) is 42.6 Å². The molecule has 2 heterocycles. The Labute approximate surface area is 102 Å². The topological polar surface area (TPSA) is 41.6 Å². The molecule has 0 aliphatic carbocycles. The number of aromatic amines is 1. The van der Waals surface area contributed by atoms with Gasteiger partial charge in [-0.3, -0.25) is 0 Å². The number of hydrogen-bond acceptors (Lipinski definition) is 2. The first-order valence-corrected chi connectivity index (χ1v) is 5.43. The van der Waals surface area contributed by atoms with E-state index in [0.29, 0.717) is 11.5 Å². The van der Waals surface area contributed by atoms with E-state index in [2.05, 4.69) is 15.0 Å². The predicted molar refractivity (Wildman–Crippen MR) is 64.3 cm³/mol. The molecule has 1 aromatic carbocycles. The largest absolute Gasteiger partial charge is 0.337 e. The van der Waals surface area contributed by atoms with Crippen LogP contribution in [0.4, 0.5) is 8.78 Å². The molecule has 0 bridgehead atoms. The molecule has 0 saturated carbocycles. The minimum absolute atomic E-state index is 0.00739. The van der Waals surface area contributed by atoms with E-state index in [1.807, 2.05) is 12.1 Å². The molecule has 0 unspecified atom stereocenters. The summed E-state index contributed by atoms with van der Waals surface area (Å²) in [5.74, 6) is 0.629. The van der Waals surface area contributed by atoms with E-state index in [-0.39, 0.29) is 5.56 Å². The number of hydrogen-bond donors (Lipinski definition) is 1. The number of imidazole rings is 1. The smallest absolute Gasteiger partial charge is 0.263 e. The zero-order valence-electron chi connectivity index (χ0n) is 9.27. The summed E-state index contributed by atoms with van der Waals surface area (Å²) in [5, 5.41) is 0. The molecule has 0 spiro atoms. The van der Waals surface area contributed by atoms with Crippen molar-refractivity contribution in [2.45, 2.75) is 6.43 Å². The third-order valence-corrected chi connectivity index (χ3v) is 2.69. The number of nitrogens with one attached hydrogen (secondary N) is 1. The Bertz CT molecular complexity index is 641. The van der Waals surface area contributed by atoms with Crippen LogP contribution < -0.4 is 0 Å². The van der Waals surface area contributed by atoms with Crippen LogP contribution in [0.2, 0.25) is 0 Å². The average Bonchev–Trinajstić information content (AvgIpc) is 2.82. The molecule has 1 N–H and O–H groups in total. The lowest BCUT2D eigenvalue weighted by Crippen LogP contribution is -1.85. The van der Waals surface area contributed by atoms with Gasteiger partial charge in [0.1, 0.15) is 5.82 Å². The molecule has 0 saturated heterocycles. The number of alkyl halides is 2. The minimum Gasteiger partial charge on any atom is -0.337 e. The summed E-state index contributed by atoms with van der Waals surface area (Å²) in [5.41, 5.74) is 2.21. The van der Waals surface area contributed by atoms with Gasteiger partial charge in [-0.05, 0) is 12.1 Å². The van der Waals surface area contributed by atoms with Crippen LogP contribution in [-0.2, 0) is 0 Å². The van der Waals surface area contributed by atoms with Gasteiger partial charge in [-0.2, -0.15) is 0 Å². The van der Waals surface area contributed by atoms with Gasteiger partial charge in [0, 0.05) is 17.3 Å². The zero-order chi connectivity index (χ0) is 12.5. The van der Waals surface area contributed by atoms with Crippen molar-refractivity contribution in [3.05, 3.63) is 48.2 Å². The van der Waals surface area contributed by atoms with Gasteiger partial charge in [-0.1, -0.05) is 24.3 Å². The lowest BCUT2D eigenvalue weighted by molar-refractivity contribution is 0.151. The number of aromatic nitrogens is 3. The van der Waals surface area contributed by atoms with Crippen molar-refractivity contribution >= 4 is 11.2 Å². The number of H-pyrrole nitrogens is 1. The fourth-order valence-electron chi connectivity index (χ4n) is 1.77. The summed E-state index contributed by atoms with van der Waals surface area (Å²) in [6.07, 6.45) is -0.788. The van der Waals surface area contributed by atoms with Crippen LogP contribution in [-0.4, -0.2) is 15.0 Å². The lowest BCUT2D eigenvalue weighted by Gasteiger charge is -2.00. The molecule has 0 fully saturated rings. The first-order valence-electron chi connectivity index (χ1n) is 5.43. The molecule has 2 aromatic heterocycles. The summed E-state index contributed by atoms with van der Waals surface area (Å²) in [6.45, 7) is 0. The molecule has 90 valence electrons. The van der Waals surface area contributed by atoms with Crippen LogP contribution in [0, 0.1) is 0 Å². The Kier molecular flexibility index (Phi) is 2.51. The third kappa shape index (κ3) is 1.84. The van der Waals surface area contributed by atoms with Crippen molar-refractivity contribution in [1.82, 2.24) is 15.0 Å². The first-order chi connectivity index (χ1) is 8.74.